The van der Waals surface area contributed by atoms with Gasteiger partial charge in [-0.05, 0) is 53.6 Å². The Morgan fingerprint density at radius 3 is 2.68 bits per heavy atom. The van der Waals surface area contributed by atoms with E-state index in [-0.39, 0.29) is 11.9 Å². The number of carbonyl (C=O) groups is 1. The molecule has 3 N–H and O–H groups in total. The number of amides is 1. The second-order valence-electron chi connectivity index (χ2n) is 5.14. The van der Waals surface area contributed by atoms with Crippen LogP contribution in [-0.4, -0.2) is 23.6 Å². The van der Waals surface area contributed by atoms with Crippen molar-refractivity contribution in [1.82, 2.24) is 5.32 Å². The van der Waals surface area contributed by atoms with Crippen LogP contribution in [-0.2, 0) is 4.79 Å². The number of rotatable bonds is 7. The molecular weight excluding hydrogens is 320 g/mol. The molecule has 0 fully saturated rings. The fourth-order valence-electron chi connectivity index (χ4n) is 1.99. The lowest BCUT2D eigenvalue weighted by Crippen LogP contribution is -2.33. The molecule has 1 aromatic heterocycles. The fourth-order valence-corrected chi connectivity index (χ4v) is 2.82. The van der Waals surface area contributed by atoms with Gasteiger partial charge < -0.3 is 15.7 Å². The normalized spacial score (nSPS) is 13.6. The van der Waals surface area contributed by atoms with Crippen LogP contribution < -0.4 is 10.6 Å². The molecule has 0 saturated heterocycles. The monoisotopic (exact) mass is 338 g/mol. The molecule has 1 aromatic carbocycles. The molecule has 118 valence electrons. The van der Waals surface area contributed by atoms with Crippen molar-refractivity contribution in [3.63, 3.8) is 0 Å². The molecule has 22 heavy (non-hydrogen) atoms. The number of hydrogen-bond donors (Lipinski definition) is 3. The minimum absolute atomic E-state index is 0.0272. The van der Waals surface area contributed by atoms with E-state index in [0.717, 1.165) is 11.3 Å². The van der Waals surface area contributed by atoms with Crippen LogP contribution in [0.3, 0.4) is 0 Å². The van der Waals surface area contributed by atoms with E-state index in [1.165, 1.54) is 0 Å². The molecule has 0 saturated carbocycles. The van der Waals surface area contributed by atoms with Gasteiger partial charge in [-0.3, -0.25) is 4.79 Å². The maximum Gasteiger partial charge on any atom is 0.225 e. The number of thiophene rings is 1. The first-order valence-corrected chi connectivity index (χ1v) is 8.35. The average Bonchev–Trinajstić information content (AvgIpc) is 3.01. The Kier molecular flexibility index (Phi) is 6.39. The number of aliphatic hydroxyl groups excluding tert-OH is 1. The fraction of sp³-hybridized carbons (Fsp3) is 0.312. The summed E-state index contributed by atoms with van der Waals surface area (Å²) in [5.74, 6) is -0.0765. The molecule has 0 aliphatic heterocycles. The zero-order chi connectivity index (χ0) is 15.9. The van der Waals surface area contributed by atoms with Crippen LogP contribution in [0.25, 0.3) is 0 Å². The van der Waals surface area contributed by atoms with Crippen molar-refractivity contribution >= 4 is 34.5 Å². The summed E-state index contributed by atoms with van der Waals surface area (Å²) in [4.78, 5) is 11.9. The van der Waals surface area contributed by atoms with Crippen molar-refractivity contribution in [2.45, 2.75) is 25.5 Å². The predicted molar refractivity (Wildman–Crippen MR) is 91.4 cm³/mol. The number of carbonyl (C=O) groups excluding carboxylic acids is 1. The van der Waals surface area contributed by atoms with Crippen molar-refractivity contribution in [3.05, 3.63) is 51.7 Å². The number of hydrogen-bond acceptors (Lipinski definition) is 4. The van der Waals surface area contributed by atoms with Crippen molar-refractivity contribution in [1.29, 1.82) is 0 Å². The van der Waals surface area contributed by atoms with E-state index in [9.17, 15) is 9.90 Å². The smallest absolute Gasteiger partial charge is 0.225 e. The molecule has 4 nitrogen and oxygen atoms in total. The molecule has 0 spiro atoms. The third-order valence-electron chi connectivity index (χ3n) is 3.21. The molecule has 0 unspecified atom stereocenters. The number of anilines is 1. The number of nitrogens with one attached hydrogen (secondary N) is 2. The third-order valence-corrected chi connectivity index (χ3v) is 4.16. The van der Waals surface area contributed by atoms with Gasteiger partial charge in [0, 0.05) is 29.7 Å². The van der Waals surface area contributed by atoms with Crippen molar-refractivity contribution in [3.8, 4) is 0 Å². The Labute approximate surface area is 139 Å². The van der Waals surface area contributed by atoms with Crippen LogP contribution in [0.2, 0.25) is 5.02 Å². The minimum Gasteiger partial charge on any atom is -0.387 e. The van der Waals surface area contributed by atoms with Crippen LogP contribution >= 0.6 is 22.9 Å². The van der Waals surface area contributed by atoms with Gasteiger partial charge in [0.25, 0.3) is 0 Å². The number of halogens is 1. The van der Waals surface area contributed by atoms with Crippen molar-refractivity contribution in [2.24, 2.45) is 0 Å². The standard InChI is InChI=1S/C16H19ClN2O2S/c1-11(18-9-15(20)12-6-7-22-10-12)8-16(21)19-14-4-2-13(17)3-5-14/h2-7,10-11,15,18,20H,8-9H2,1H3,(H,19,21)/t11-,15+/m1/s1. The van der Waals surface area contributed by atoms with Crippen molar-refractivity contribution in [2.75, 3.05) is 11.9 Å². The van der Waals surface area contributed by atoms with E-state index < -0.39 is 6.10 Å². The maximum absolute atomic E-state index is 11.9. The van der Waals surface area contributed by atoms with E-state index in [1.54, 1.807) is 35.6 Å². The summed E-state index contributed by atoms with van der Waals surface area (Å²) >= 11 is 7.35. The zero-order valence-electron chi connectivity index (χ0n) is 12.3. The number of benzene rings is 1. The van der Waals surface area contributed by atoms with E-state index in [4.69, 9.17) is 11.6 Å². The highest BCUT2D eigenvalue weighted by atomic mass is 35.5. The van der Waals surface area contributed by atoms with Crippen LogP contribution in [0.15, 0.2) is 41.1 Å². The van der Waals surface area contributed by atoms with E-state index in [1.807, 2.05) is 23.8 Å². The van der Waals surface area contributed by atoms with Gasteiger partial charge >= 0.3 is 0 Å². The van der Waals surface area contributed by atoms with Gasteiger partial charge in [0.1, 0.15) is 0 Å². The molecule has 2 atom stereocenters. The van der Waals surface area contributed by atoms with Gasteiger partial charge in [-0.15, -0.1) is 0 Å². The molecule has 0 bridgehead atoms. The van der Waals surface area contributed by atoms with Gasteiger partial charge in [-0.1, -0.05) is 11.6 Å². The lowest BCUT2D eigenvalue weighted by atomic mass is 10.1. The minimum atomic E-state index is -0.548. The third kappa shape index (κ3) is 5.42. The average molecular weight is 339 g/mol. The number of aliphatic hydroxyl groups is 1. The maximum atomic E-state index is 11.9. The second-order valence-corrected chi connectivity index (χ2v) is 6.36. The predicted octanol–water partition coefficient (Wildman–Crippen LogP) is 3.44. The Morgan fingerprint density at radius 2 is 2.05 bits per heavy atom. The molecule has 6 heteroatoms. The topological polar surface area (TPSA) is 61.4 Å². The SMILES string of the molecule is C[C@H](CC(=O)Nc1ccc(Cl)cc1)NC[C@H](O)c1ccsc1. The Morgan fingerprint density at radius 1 is 1.32 bits per heavy atom. The summed E-state index contributed by atoms with van der Waals surface area (Å²) in [6.07, 6.45) is -0.216. The molecule has 0 radical (unpaired) electrons. The second kappa shape index (κ2) is 8.29. The zero-order valence-corrected chi connectivity index (χ0v) is 13.8. The summed E-state index contributed by atoms with van der Waals surface area (Å²) in [6, 6.07) is 8.86. The van der Waals surface area contributed by atoms with Gasteiger partial charge in [0.15, 0.2) is 0 Å². The van der Waals surface area contributed by atoms with E-state index >= 15 is 0 Å². The highest BCUT2D eigenvalue weighted by Crippen LogP contribution is 2.16. The summed E-state index contributed by atoms with van der Waals surface area (Å²) in [7, 11) is 0. The van der Waals surface area contributed by atoms with E-state index in [0.29, 0.717) is 18.0 Å². The van der Waals surface area contributed by atoms with Gasteiger partial charge in [0.05, 0.1) is 6.10 Å². The van der Waals surface area contributed by atoms with Gasteiger partial charge in [0.2, 0.25) is 5.91 Å². The molecule has 0 aliphatic rings. The molecule has 1 amide bonds. The Bertz CT molecular complexity index is 587. The quantitative estimate of drug-likeness (QED) is 0.724. The molecule has 2 aromatic rings. The largest absolute Gasteiger partial charge is 0.387 e. The Balaban J connectivity index is 1.73. The first kappa shape index (κ1) is 17.0. The van der Waals surface area contributed by atoms with Crippen LogP contribution in [0.1, 0.15) is 25.0 Å². The van der Waals surface area contributed by atoms with Crippen LogP contribution in [0.5, 0.6) is 0 Å². The molecular formula is C16H19ClN2O2S. The lowest BCUT2D eigenvalue weighted by Gasteiger charge is -2.16. The lowest BCUT2D eigenvalue weighted by molar-refractivity contribution is -0.116. The highest BCUT2D eigenvalue weighted by molar-refractivity contribution is 7.07. The highest BCUT2D eigenvalue weighted by Gasteiger charge is 2.12. The van der Waals surface area contributed by atoms with Crippen LogP contribution in [0, 0.1) is 0 Å². The summed E-state index contributed by atoms with van der Waals surface area (Å²) < 4.78 is 0. The van der Waals surface area contributed by atoms with Gasteiger partial charge in [-0.25, -0.2) is 0 Å². The van der Waals surface area contributed by atoms with E-state index in [2.05, 4.69) is 10.6 Å². The van der Waals surface area contributed by atoms with Crippen molar-refractivity contribution < 1.29 is 9.90 Å². The van der Waals surface area contributed by atoms with Crippen LogP contribution in [0.4, 0.5) is 5.69 Å². The summed E-state index contributed by atoms with van der Waals surface area (Å²) in [5, 5.41) is 20.5. The summed E-state index contributed by atoms with van der Waals surface area (Å²) in [6.45, 7) is 2.34. The summed E-state index contributed by atoms with van der Waals surface area (Å²) in [5.41, 5.74) is 1.62. The first-order valence-electron chi connectivity index (χ1n) is 7.03. The van der Waals surface area contributed by atoms with Gasteiger partial charge in [-0.2, -0.15) is 11.3 Å². The molecule has 1 heterocycles. The first-order chi connectivity index (χ1) is 10.5. The molecule has 0 aliphatic carbocycles. The Hall–Kier alpha value is -1.40. The molecule has 2 rings (SSSR count).